The number of para-hydroxylation sites is 1. The van der Waals surface area contributed by atoms with Gasteiger partial charge in [-0.25, -0.2) is 0 Å². The fraction of sp³-hybridized carbons (Fsp3) is 0.118. The van der Waals surface area contributed by atoms with Crippen molar-refractivity contribution in [3.05, 3.63) is 65.9 Å². The maximum Gasteiger partial charge on any atom is 0.251 e. The zero-order valence-corrected chi connectivity index (χ0v) is 11.6. The van der Waals surface area contributed by atoms with Crippen molar-refractivity contribution in [2.75, 3.05) is 12.3 Å². The minimum absolute atomic E-state index is 0.0952. The third kappa shape index (κ3) is 2.89. The Morgan fingerprint density at radius 3 is 2.86 bits per heavy atom. The fourth-order valence-electron chi connectivity index (χ4n) is 2.43. The van der Waals surface area contributed by atoms with Crippen LogP contribution in [0, 0.1) is 0 Å². The van der Waals surface area contributed by atoms with Crippen molar-refractivity contribution < 1.29 is 4.79 Å². The summed E-state index contributed by atoms with van der Waals surface area (Å²) in [4.78, 5) is 15.3. The lowest BCUT2D eigenvalue weighted by Crippen LogP contribution is -2.25. The molecule has 106 valence electrons. The molecule has 0 bridgehead atoms. The number of nitrogens with two attached hydrogens (primary N) is 1. The minimum Gasteiger partial charge on any atom is -0.399 e. The number of carbonyl (C=O) groups excluding carboxylic acids is 1. The van der Waals surface area contributed by atoms with Crippen molar-refractivity contribution >= 4 is 22.5 Å². The van der Waals surface area contributed by atoms with Crippen molar-refractivity contribution in [2.45, 2.75) is 6.42 Å². The Bertz CT molecular complexity index is 776. The first-order chi connectivity index (χ1) is 10.2. The lowest BCUT2D eigenvalue weighted by atomic mass is 10.1. The third-order valence-electron chi connectivity index (χ3n) is 3.50. The molecule has 4 nitrogen and oxygen atoms in total. The molecule has 3 rings (SSSR count). The summed E-state index contributed by atoms with van der Waals surface area (Å²) in [6, 6.07) is 15.1. The summed E-state index contributed by atoms with van der Waals surface area (Å²) in [5.41, 5.74) is 9.20. The molecule has 4 N–H and O–H groups in total. The first kappa shape index (κ1) is 13.2. The van der Waals surface area contributed by atoms with Gasteiger partial charge in [-0.2, -0.15) is 0 Å². The third-order valence-corrected chi connectivity index (χ3v) is 3.50. The number of aromatic nitrogens is 1. The molecule has 0 unspecified atom stereocenters. The van der Waals surface area contributed by atoms with Gasteiger partial charge >= 0.3 is 0 Å². The highest BCUT2D eigenvalue weighted by atomic mass is 16.1. The van der Waals surface area contributed by atoms with E-state index in [4.69, 9.17) is 5.73 Å². The van der Waals surface area contributed by atoms with E-state index in [0.29, 0.717) is 17.8 Å². The molecule has 0 saturated carbocycles. The van der Waals surface area contributed by atoms with Gasteiger partial charge in [-0.3, -0.25) is 4.79 Å². The van der Waals surface area contributed by atoms with Crippen LogP contribution in [0.25, 0.3) is 10.9 Å². The predicted octanol–water partition coefficient (Wildman–Crippen LogP) is 2.72. The van der Waals surface area contributed by atoms with Crippen molar-refractivity contribution in [3.8, 4) is 0 Å². The second-order valence-corrected chi connectivity index (χ2v) is 4.99. The van der Waals surface area contributed by atoms with E-state index in [1.54, 1.807) is 24.3 Å². The number of hydrogen-bond donors (Lipinski definition) is 3. The zero-order valence-electron chi connectivity index (χ0n) is 11.6. The van der Waals surface area contributed by atoms with E-state index in [-0.39, 0.29) is 5.91 Å². The van der Waals surface area contributed by atoms with Gasteiger partial charge in [0.1, 0.15) is 0 Å². The number of amides is 1. The van der Waals surface area contributed by atoms with Crippen molar-refractivity contribution in [1.82, 2.24) is 10.3 Å². The van der Waals surface area contributed by atoms with Crippen molar-refractivity contribution in [3.63, 3.8) is 0 Å². The van der Waals surface area contributed by atoms with Crippen LogP contribution in [0.2, 0.25) is 0 Å². The minimum atomic E-state index is -0.0952. The monoisotopic (exact) mass is 279 g/mol. The molecule has 2 aromatic carbocycles. The number of anilines is 1. The van der Waals surface area contributed by atoms with Gasteiger partial charge in [0.25, 0.3) is 5.91 Å². The van der Waals surface area contributed by atoms with Crippen molar-refractivity contribution in [1.29, 1.82) is 0 Å². The Hall–Kier alpha value is -2.75. The molecule has 1 amide bonds. The number of rotatable bonds is 4. The molecular formula is C17H17N3O. The highest BCUT2D eigenvalue weighted by Crippen LogP contribution is 2.17. The van der Waals surface area contributed by atoms with Crippen LogP contribution < -0.4 is 11.1 Å². The van der Waals surface area contributed by atoms with Gasteiger partial charge in [0.05, 0.1) is 0 Å². The number of nitrogens with one attached hydrogen (secondary N) is 2. The maximum absolute atomic E-state index is 12.0. The largest absolute Gasteiger partial charge is 0.399 e. The van der Waals surface area contributed by atoms with Gasteiger partial charge in [0.2, 0.25) is 0 Å². The smallest absolute Gasteiger partial charge is 0.251 e. The molecule has 1 heterocycles. The standard InChI is InChI=1S/C17H17N3O/c18-14-5-3-4-12(10-14)17(21)19-9-8-13-11-20-16-7-2-1-6-15(13)16/h1-7,10-11,20H,8-9,18H2,(H,19,21). The average Bonchev–Trinajstić information content (AvgIpc) is 2.91. The second kappa shape index (κ2) is 5.71. The number of aromatic amines is 1. The highest BCUT2D eigenvalue weighted by molar-refractivity contribution is 5.95. The predicted molar refractivity (Wildman–Crippen MR) is 85.2 cm³/mol. The zero-order chi connectivity index (χ0) is 14.7. The summed E-state index contributed by atoms with van der Waals surface area (Å²) in [7, 11) is 0. The Labute approximate surface area is 123 Å². The molecule has 0 aliphatic heterocycles. The van der Waals surface area contributed by atoms with E-state index in [1.807, 2.05) is 24.4 Å². The Morgan fingerprint density at radius 1 is 1.14 bits per heavy atom. The quantitative estimate of drug-likeness (QED) is 0.643. The summed E-state index contributed by atoms with van der Waals surface area (Å²) in [5, 5.41) is 4.13. The molecule has 0 radical (unpaired) electrons. The van der Waals surface area contributed by atoms with Crippen molar-refractivity contribution in [2.24, 2.45) is 0 Å². The molecule has 1 aromatic heterocycles. The molecule has 0 atom stereocenters. The fourth-order valence-corrected chi connectivity index (χ4v) is 2.43. The summed E-state index contributed by atoms with van der Waals surface area (Å²) in [5.74, 6) is -0.0952. The van der Waals surface area contributed by atoms with Crippen LogP contribution in [0.3, 0.4) is 0 Å². The maximum atomic E-state index is 12.0. The van der Waals surface area contributed by atoms with Gasteiger partial charge < -0.3 is 16.0 Å². The van der Waals surface area contributed by atoms with E-state index < -0.39 is 0 Å². The summed E-state index contributed by atoms with van der Waals surface area (Å²) < 4.78 is 0. The molecule has 4 heteroatoms. The van der Waals surface area contributed by atoms with Crippen LogP contribution in [-0.2, 0) is 6.42 Å². The van der Waals surface area contributed by atoms with Crippen LogP contribution in [0.4, 0.5) is 5.69 Å². The van der Waals surface area contributed by atoms with E-state index in [0.717, 1.165) is 11.9 Å². The normalized spacial score (nSPS) is 10.7. The summed E-state index contributed by atoms with van der Waals surface area (Å²) >= 11 is 0. The van der Waals surface area contributed by atoms with Crippen LogP contribution in [0.15, 0.2) is 54.7 Å². The Morgan fingerprint density at radius 2 is 2.00 bits per heavy atom. The highest BCUT2D eigenvalue weighted by Gasteiger charge is 2.06. The number of fused-ring (bicyclic) bond motifs is 1. The van der Waals surface area contributed by atoms with Crippen LogP contribution in [-0.4, -0.2) is 17.4 Å². The van der Waals surface area contributed by atoms with E-state index in [9.17, 15) is 4.79 Å². The summed E-state index contributed by atoms with van der Waals surface area (Å²) in [6.45, 7) is 0.593. The first-order valence-electron chi connectivity index (χ1n) is 6.93. The molecule has 0 saturated heterocycles. The molecule has 21 heavy (non-hydrogen) atoms. The molecule has 0 fully saturated rings. The lowest BCUT2D eigenvalue weighted by molar-refractivity contribution is 0.0954. The molecule has 0 spiro atoms. The van der Waals surface area contributed by atoms with Gasteiger partial charge in [-0.15, -0.1) is 0 Å². The lowest BCUT2D eigenvalue weighted by Gasteiger charge is -2.05. The average molecular weight is 279 g/mol. The van der Waals surface area contributed by atoms with Gasteiger partial charge in [0, 0.05) is 34.9 Å². The van der Waals surface area contributed by atoms with Gasteiger partial charge in [-0.05, 0) is 36.2 Å². The number of benzene rings is 2. The number of carbonyl (C=O) groups is 1. The number of nitrogen functional groups attached to an aromatic ring is 1. The Balaban J connectivity index is 1.62. The molecule has 0 aliphatic carbocycles. The number of H-pyrrole nitrogens is 1. The number of hydrogen-bond acceptors (Lipinski definition) is 2. The van der Waals surface area contributed by atoms with Gasteiger partial charge in [0.15, 0.2) is 0 Å². The van der Waals surface area contributed by atoms with Crippen LogP contribution >= 0.6 is 0 Å². The first-order valence-corrected chi connectivity index (χ1v) is 6.93. The SMILES string of the molecule is Nc1cccc(C(=O)NCCc2c[nH]c3ccccc23)c1. The van der Waals surface area contributed by atoms with Gasteiger partial charge in [-0.1, -0.05) is 24.3 Å². The molecular weight excluding hydrogens is 262 g/mol. The van der Waals surface area contributed by atoms with Crippen LogP contribution in [0.1, 0.15) is 15.9 Å². The molecule has 0 aliphatic rings. The second-order valence-electron chi connectivity index (χ2n) is 4.99. The Kier molecular flexibility index (Phi) is 3.60. The van der Waals surface area contributed by atoms with E-state index >= 15 is 0 Å². The topological polar surface area (TPSA) is 70.9 Å². The van der Waals surface area contributed by atoms with E-state index in [2.05, 4.69) is 16.4 Å². The molecule has 3 aromatic rings. The van der Waals surface area contributed by atoms with Crippen LogP contribution in [0.5, 0.6) is 0 Å². The van der Waals surface area contributed by atoms with E-state index in [1.165, 1.54) is 10.9 Å². The summed E-state index contributed by atoms with van der Waals surface area (Å²) in [6.07, 6.45) is 2.79.